The SMILES string of the molecule is COc1ccc(-c2nnc3ccc(OCCNS(=O)(=O)c4c(C)cc(C)cc4C)nn23)c(OC)c1. The van der Waals surface area contributed by atoms with Gasteiger partial charge in [-0.05, 0) is 50.1 Å². The summed E-state index contributed by atoms with van der Waals surface area (Å²) in [6.07, 6.45) is 0. The van der Waals surface area contributed by atoms with Gasteiger partial charge in [0.2, 0.25) is 15.9 Å². The van der Waals surface area contributed by atoms with Crippen LogP contribution in [0.1, 0.15) is 16.7 Å². The van der Waals surface area contributed by atoms with Crippen molar-refractivity contribution in [2.75, 3.05) is 27.4 Å². The summed E-state index contributed by atoms with van der Waals surface area (Å²) in [6, 6.07) is 12.4. The highest BCUT2D eigenvalue weighted by Crippen LogP contribution is 2.32. The van der Waals surface area contributed by atoms with Crippen molar-refractivity contribution >= 4 is 15.7 Å². The molecule has 2 aromatic carbocycles. The van der Waals surface area contributed by atoms with Gasteiger partial charge in [-0.2, -0.15) is 4.52 Å². The number of methoxy groups -OCH3 is 2. The van der Waals surface area contributed by atoms with Gasteiger partial charge in [0.05, 0.1) is 24.7 Å². The summed E-state index contributed by atoms with van der Waals surface area (Å²) in [5.74, 6) is 1.97. The van der Waals surface area contributed by atoms with Gasteiger partial charge in [0.15, 0.2) is 11.5 Å². The second kappa shape index (κ2) is 9.88. The zero-order valence-corrected chi connectivity index (χ0v) is 21.0. The maximum Gasteiger partial charge on any atom is 0.241 e. The standard InChI is InChI=1S/C24H27N5O5S/c1-15-12-16(2)23(17(3)13-15)35(30,31)25-10-11-34-22-9-8-21-26-27-24(29(21)28-22)19-7-6-18(32-4)14-20(19)33-5/h6-9,12-14,25H,10-11H2,1-5H3. The van der Waals surface area contributed by atoms with E-state index in [9.17, 15) is 8.42 Å². The van der Waals surface area contributed by atoms with E-state index in [1.165, 1.54) is 0 Å². The Morgan fingerprint density at radius 1 is 0.943 bits per heavy atom. The van der Waals surface area contributed by atoms with Crippen LogP contribution in [0.2, 0.25) is 0 Å². The molecule has 0 unspecified atom stereocenters. The molecule has 0 spiro atoms. The fourth-order valence-electron chi connectivity index (χ4n) is 3.99. The van der Waals surface area contributed by atoms with Gasteiger partial charge in [0.1, 0.15) is 18.1 Å². The Morgan fingerprint density at radius 2 is 1.69 bits per heavy atom. The zero-order valence-electron chi connectivity index (χ0n) is 20.2. The third-order valence-electron chi connectivity index (χ3n) is 5.41. The first-order valence-corrected chi connectivity index (χ1v) is 12.4. The van der Waals surface area contributed by atoms with E-state index >= 15 is 0 Å². The molecule has 4 rings (SSSR count). The summed E-state index contributed by atoms with van der Waals surface area (Å²) in [6.45, 7) is 5.69. The van der Waals surface area contributed by atoms with Gasteiger partial charge in [-0.1, -0.05) is 17.7 Å². The number of hydrogen-bond acceptors (Lipinski definition) is 8. The lowest BCUT2D eigenvalue weighted by atomic mass is 10.1. The highest BCUT2D eigenvalue weighted by atomic mass is 32.2. The Balaban J connectivity index is 1.49. The van der Waals surface area contributed by atoms with E-state index in [0.717, 1.165) is 5.56 Å². The highest BCUT2D eigenvalue weighted by Gasteiger charge is 2.20. The molecule has 184 valence electrons. The second-order valence-electron chi connectivity index (χ2n) is 8.01. The number of hydrogen-bond donors (Lipinski definition) is 1. The van der Waals surface area contributed by atoms with E-state index in [-0.39, 0.29) is 13.2 Å². The number of nitrogens with one attached hydrogen (secondary N) is 1. The third-order valence-corrected chi connectivity index (χ3v) is 7.17. The van der Waals surface area contributed by atoms with Gasteiger partial charge in [-0.25, -0.2) is 13.1 Å². The quantitative estimate of drug-likeness (QED) is 0.351. The molecule has 0 saturated heterocycles. The molecule has 4 aromatic rings. The summed E-state index contributed by atoms with van der Waals surface area (Å²) in [7, 11) is -0.536. The smallest absolute Gasteiger partial charge is 0.241 e. The van der Waals surface area contributed by atoms with E-state index < -0.39 is 10.0 Å². The van der Waals surface area contributed by atoms with Crippen LogP contribution in [0.3, 0.4) is 0 Å². The molecular formula is C24H27N5O5S. The van der Waals surface area contributed by atoms with Gasteiger partial charge in [-0.3, -0.25) is 0 Å². The van der Waals surface area contributed by atoms with Crippen molar-refractivity contribution in [2.45, 2.75) is 25.7 Å². The first kappa shape index (κ1) is 24.4. The van der Waals surface area contributed by atoms with Gasteiger partial charge in [-0.15, -0.1) is 15.3 Å². The number of nitrogens with zero attached hydrogens (tertiary/aromatic N) is 4. The maximum absolute atomic E-state index is 12.8. The van der Waals surface area contributed by atoms with Crippen molar-refractivity contribution < 1.29 is 22.6 Å². The summed E-state index contributed by atoms with van der Waals surface area (Å²) < 4.78 is 46.2. The largest absolute Gasteiger partial charge is 0.497 e. The van der Waals surface area contributed by atoms with Crippen LogP contribution in [0.4, 0.5) is 0 Å². The fourth-order valence-corrected chi connectivity index (χ4v) is 5.46. The third kappa shape index (κ3) is 5.05. The van der Waals surface area contributed by atoms with Crippen molar-refractivity contribution in [2.24, 2.45) is 0 Å². The number of benzene rings is 2. The van der Waals surface area contributed by atoms with Crippen LogP contribution in [0.25, 0.3) is 17.0 Å². The molecule has 0 aliphatic heterocycles. The lowest BCUT2D eigenvalue weighted by Gasteiger charge is -2.13. The Morgan fingerprint density at radius 3 is 2.37 bits per heavy atom. The molecule has 2 aromatic heterocycles. The number of fused-ring (bicyclic) bond motifs is 1. The van der Waals surface area contributed by atoms with E-state index in [4.69, 9.17) is 14.2 Å². The van der Waals surface area contributed by atoms with Crippen molar-refractivity contribution in [3.05, 3.63) is 59.2 Å². The molecular weight excluding hydrogens is 470 g/mol. The molecule has 0 amide bonds. The lowest BCUT2D eigenvalue weighted by molar-refractivity contribution is 0.306. The van der Waals surface area contributed by atoms with Crippen LogP contribution in [-0.4, -0.2) is 55.6 Å². The lowest BCUT2D eigenvalue weighted by Crippen LogP contribution is -2.29. The first-order valence-electron chi connectivity index (χ1n) is 10.9. The van der Waals surface area contributed by atoms with Crippen molar-refractivity contribution in [1.82, 2.24) is 24.5 Å². The minimum Gasteiger partial charge on any atom is -0.497 e. The molecule has 10 nitrogen and oxygen atoms in total. The van der Waals surface area contributed by atoms with E-state index in [0.29, 0.717) is 50.4 Å². The van der Waals surface area contributed by atoms with E-state index in [1.807, 2.05) is 25.1 Å². The number of rotatable bonds is 9. The van der Waals surface area contributed by atoms with E-state index in [1.54, 1.807) is 56.8 Å². The van der Waals surface area contributed by atoms with Crippen molar-refractivity contribution in [1.29, 1.82) is 0 Å². The second-order valence-corrected chi connectivity index (χ2v) is 9.71. The van der Waals surface area contributed by atoms with Crippen LogP contribution in [-0.2, 0) is 10.0 Å². The molecule has 0 bridgehead atoms. The molecule has 0 atom stereocenters. The van der Waals surface area contributed by atoms with Gasteiger partial charge < -0.3 is 14.2 Å². The monoisotopic (exact) mass is 497 g/mol. The Hall–Kier alpha value is -3.70. The van der Waals surface area contributed by atoms with Gasteiger partial charge in [0.25, 0.3) is 0 Å². The number of aromatic nitrogens is 4. The predicted octanol–water partition coefficient (Wildman–Crippen LogP) is 3.09. The molecule has 1 N–H and O–H groups in total. The molecule has 11 heteroatoms. The molecule has 2 heterocycles. The molecule has 0 radical (unpaired) electrons. The number of aryl methyl sites for hydroxylation is 3. The molecule has 0 fully saturated rings. The Kier molecular flexibility index (Phi) is 6.90. The molecule has 0 aliphatic carbocycles. The summed E-state index contributed by atoms with van der Waals surface area (Å²) >= 11 is 0. The molecule has 0 saturated carbocycles. The first-order chi connectivity index (χ1) is 16.7. The molecule has 35 heavy (non-hydrogen) atoms. The highest BCUT2D eigenvalue weighted by molar-refractivity contribution is 7.89. The van der Waals surface area contributed by atoms with Crippen molar-refractivity contribution in [3.8, 4) is 28.8 Å². The van der Waals surface area contributed by atoms with Crippen LogP contribution in [0.15, 0.2) is 47.4 Å². The van der Waals surface area contributed by atoms with Crippen molar-refractivity contribution in [3.63, 3.8) is 0 Å². The zero-order chi connectivity index (χ0) is 25.2. The van der Waals surface area contributed by atoms with E-state index in [2.05, 4.69) is 20.0 Å². The Labute approximate surface area is 203 Å². The van der Waals surface area contributed by atoms with Gasteiger partial charge >= 0.3 is 0 Å². The average molecular weight is 498 g/mol. The summed E-state index contributed by atoms with van der Waals surface area (Å²) in [4.78, 5) is 0.296. The maximum atomic E-state index is 12.8. The minimum atomic E-state index is -3.67. The normalized spacial score (nSPS) is 11.6. The van der Waals surface area contributed by atoms with Gasteiger partial charge in [0, 0.05) is 18.7 Å². The van der Waals surface area contributed by atoms with Crippen LogP contribution < -0.4 is 18.9 Å². The summed E-state index contributed by atoms with van der Waals surface area (Å²) in [5.41, 5.74) is 3.64. The number of sulfonamides is 1. The Bertz CT molecular complexity index is 1460. The topological polar surface area (TPSA) is 117 Å². The van der Waals surface area contributed by atoms with Crippen LogP contribution >= 0.6 is 0 Å². The fraction of sp³-hybridized carbons (Fsp3) is 0.292. The molecule has 0 aliphatic rings. The van der Waals surface area contributed by atoms with Crippen LogP contribution in [0, 0.1) is 20.8 Å². The number of ether oxygens (including phenoxy) is 3. The minimum absolute atomic E-state index is 0.0795. The average Bonchev–Trinajstić information content (AvgIpc) is 3.23. The van der Waals surface area contributed by atoms with Crippen LogP contribution in [0.5, 0.6) is 17.4 Å². The predicted molar refractivity (Wildman–Crippen MR) is 131 cm³/mol. The summed E-state index contributed by atoms with van der Waals surface area (Å²) in [5, 5.41) is 12.9.